The van der Waals surface area contributed by atoms with E-state index in [1.807, 2.05) is 19.1 Å². The van der Waals surface area contributed by atoms with Gasteiger partial charge in [-0.3, -0.25) is 0 Å². The summed E-state index contributed by atoms with van der Waals surface area (Å²) in [6.07, 6.45) is 4.05. The van der Waals surface area contributed by atoms with Crippen LogP contribution in [0.2, 0.25) is 0 Å². The molecule has 0 bridgehead atoms. The van der Waals surface area contributed by atoms with Crippen molar-refractivity contribution in [3.8, 4) is 6.07 Å². The van der Waals surface area contributed by atoms with Crippen LogP contribution in [0.3, 0.4) is 0 Å². The van der Waals surface area contributed by atoms with Crippen LogP contribution in [-0.4, -0.2) is 33.0 Å². The zero-order valence-electron chi connectivity index (χ0n) is 12.7. The predicted octanol–water partition coefficient (Wildman–Crippen LogP) is 2.85. The van der Waals surface area contributed by atoms with Crippen molar-refractivity contribution in [1.29, 1.82) is 5.26 Å². The molecule has 0 amide bonds. The molecule has 0 radical (unpaired) electrons. The Morgan fingerprint density at radius 1 is 1.29 bits per heavy atom. The highest BCUT2D eigenvalue weighted by molar-refractivity contribution is 7.99. The number of thioether (sulfide) groups is 1. The van der Waals surface area contributed by atoms with Gasteiger partial charge in [0.15, 0.2) is 9.84 Å². The Labute approximate surface area is 131 Å². The molecule has 1 aromatic carbocycles. The van der Waals surface area contributed by atoms with E-state index in [1.54, 1.807) is 30.9 Å². The molecule has 0 heterocycles. The number of nitriles is 1. The van der Waals surface area contributed by atoms with Crippen molar-refractivity contribution >= 4 is 21.6 Å². The third kappa shape index (κ3) is 6.08. The zero-order chi connectivity index (χ0) is 15.9. The van der Waals surface area contributed by atoms with Gasteiger partial charge in [-0.15, -0.1) is 11.8 Å². The standard InChI is InChI=1S/C15H22N2O2S2/c1-15(12-16,17-2)10-4-5-11-20-13-6-8-14(9-7-13)21(3,18)19/h6-9,17H,4-5,10-11H2,1-3H3. The Morgan fingerprint density at radius 3 is 2.38 bits per heavy atom. The summed E-state index contributed by atoms with van der Waals surface area (Å²) in [5, 5.41) is 12.1. The molecule has 1 aromatic rings. The molecule has 0 fully saturated rings. The molecule has 0 aliphatic rings. The lowest BCUT2D eigenvalue weighted by Crippen LogP contribution is -2.37. The van der Waals surface area contributed by atoms with Crippen molar-refractivity contribution in [3.63, 3.8) is 0 Å². The molecule has 116 valence electrons. The van der Waals surface area contributed by atoms with Gasteiger partial charge in [0.1, 0.15) is 5.54 Å². The molecule has 21 heavy (non-hydrogen) atoms. The first-order valence-electron chi connectivity index (χ1n) is 6.84. The van der Waals surface area contributed by atoms with Crippen molar-refractivity contribution in [2.75, 3.05) is 19.1 Å². The molecule has 1 atom stereocenters. The third-order valence-electron chi connectivity index (χ3n) is 3.39. The highest BCUT2D eigenvalue weighted by atomic mass is 32.2. The van der Waals surface area contributed by atoms with Crippen molar-refractivity contribution in [1.82, 2.24) is 5.32 Å². The normalized spacial score (nSPS) is 14.4. The molecule has 1 unspecified atom stereocenters. The smallest absolute Gasteiger partial charge is 0.175 e. The molecule has 6 heteroatoms. The maximum absolute atomic E-state index is 11.4. The van der Waals surface area contributed by atoms with Crippen LogP contribution < -0.4 is 5.32 Å². The van der Waals surface area contributed by atoms with Gasteiger partial charge >= 0.3 is 0 Å². The molecule has 0 spiro atoms. The quantitative estimate of drug-likeness (QED) is 0.587. The van der Waals surface area contributed by atoms with E-state index >= 15 is 0 Å². The van der Waals surface area contributed by atoms with E-state index in [0.717, 1.165) is 29.9 Å². The molecule has 0 saturated heterocycles. The molecule has 0 aliphatic carbocycles. The number of sulfone groups is 1. The first-order chi connectivity index (χ1) is 9.80. The molecule has 0 aromatic heterocycles. The second-order valence-corrected chi connectivity index (χ2v) is 8.43. The van der Waals surface area contributed by atoms with Crippen molar-refractivity contribution in [3.05, 3.63) is 24.3 Å². The number of nitrogens with one attached hydrogen (secondary N) is 1. The summed E-state index contributed by atoms with van der Waals surface area (Å²) in [6.45, 7) is 1.91. The fraction of sp³-hybridized carbons (Fsp3) is 0.533. The van der Waals surface area contributed by atoms with Crippen LogP contribution in [0.1, 0.15) is 26.2 Å². The summed E-state index contributed by atoms with van der Waals surface area (Å²) in [6, 6.07) is 9.25. The number of nitrogens with zero attached hydrogens (tertiary/aromatic N) is 1. The summed E-state index contributed by atoms with van der Waals surface area (Å²) in [5.41, 5.74) is -0.443. The van der Waals surface area contributed by atoms with Crippen LogP contribution in [0.4, 0.5) is 0 Å². The van der Waals surface area contributed by atoms with Gasteiger partial charge in [-0.1, -0.05) is 0 Å². The first-order valence-corrected chi connectivity index (χ1v) is 9.71. The van der Waals surface area contributed by atoms with Crippen LogP contribution in [0, 0.1) is 11.3 Å². The van der Waals surface area contributed by atoms with E-state index in [2.05, 4.69) is 11.4 Å². The molecular formula is C15H22N2O2S2. The number of rotatable bonds is 8. The molecular weight excluding hydrogens is 304 g/mol. The van der Waals surface area contributed by atoms with Gasteiger partial charge in [-0.25, -0.2) is 8.42 Å². The Morgan fingerprint density at radius 2 is 1.90 bits per heavy atom. The van der Waals surface area contributed by atoms with Crippen LogP contribution in [0.5, 0.6) is 0 Å². The Balaban J connectivity index is 2.36. The van der Waals surface area contributed by atoms with E-state index in [-0.39, 0.29) is 0 Å². The molecule has 0 aliphatic heterocycles. The van der Waals surface area contributed by atoms with Gasteiger partial charge in [0.2, 0.25) is 0 Å². The van der Waals surface area contributed by atoms with Crippen molar-refractivity contribution in [2.45, 2.75) is 41.5 Å². The van der Waals surface area contributed by atoms with E-state index in [0.29, 0.717) is 4.90 Å². The summed E-state index contributed by atoms with van der Waals surface area (Å²) >= 11 is 1.71. The van der Waals surface area contributed by atoms with Crippen LogP contribution in [0.15, 0.2) is 34.1 Å². The fourth-order valence-corrected chi connectivity index (χ4v) is 3.33. The van der Waals surface area contributed by atoms with Crippen LogP contribution >= 0.6 is 11.8 Å². The SMILES string of the molecule is CNC(C)(C#N)CCCCSc1ccc(S(C)(=O)=O)cc1. The Hall–Kier alpha value is -1.03. The van der Waals surface area contributed by atoms with E-state index < -0.39 is 15.4 Å². The molecule has 1 N–H and O–H groups in total. The number of hydrogen-bond acceptors (Lipinski definition) is 5. The Kier molecular flexibility index (Phi) is 6.72. The highest BCUT2D eigenvalue weighted by Gasteiger charge is 2.19. The lowest BCUT2D eigenvalue weighted by atomic mass is 9.97. The summed E-state index contributed by atoms with van der Waals surface area (Å²) < 4.78 is 22.7. The molecule has 4 nitrogen and oxygen atoms in total. The second-order valence-electron chi connectivity index (χ2n) is 5.24. The average Bonchev–Trinajstić information content (AvgIpc) is 2.46. The van der Waals surface area contributed by atoms with E-state index in [1.165, 1.54) is 6.26 Å². The minimum atomic E-state index is -3.12. The van der Waals surface area contributed by atoms with Gasteiger partial charge < -0.3 is 5.32 Å². The van der Waals surface area contributed by atoms with Crippen molar-refractivity contribution < 1.29 is 8.42 Å². The lowest BCUT2D eigenvalue weighted by Gasteiger charge is -2.20. The maximum atomic E-state index is 11.4. The van der Waals surface area contributed by atoms with Gasteiger partial charge in [0.05, 0.1) is 11.0 Å². The lowest BCUT2D eigenvalue weighted by molar-refractivity contribution is 0.439. The molecule has 0 saturated carbocycles. The number of hydrogen-bond donors (Lipinski definition) is 1. The molecule has 1 rings (SSSR count). The monoisotopic (exact) mass is 326 g/mol. The van der Waals surface area contributed by atoms with Crippen LogP contribution in [-0.2, 0) is 9.84 Å². The van der Waals surface area contributed by atoms with E-state index in [9.17, 15) is 8.42 Å². The van der Waals surface area contributed by atoms with Gasteiger partial charge in [-0.2, -0.15) is 5.26 Å². The number of unbranched alkanes of at least 4 members (excludes halogenated alkanes) is 1. The minimum Gasteiger partial charge on any atom is -0.303 e. The fourth-order valence-electron chi connectivity index (χ4n) is 1.79. The average molecular weight is 326 g/mol. The second kappa shape index (κ2) is 7.83. The maximum Gasteiger partial charge on any atom is 0.175 e. The summed E-state index contributed by atoms with van der Waals surface area (Å²) in [7, 11) is -1.31. The predicted molar refractivity (Wildman–Crippen MR) is 87.2 cm³/mol. The summed E-state index contributed by atoms with van der Waals surface area (Å²) in [5.74, 6) is 0.962. The summed E-state index contributed by atoms with van der Waals surface area (Å²) in [4.78, 5) is 1.42. The Bertz CT molecular complexity index is 591. The van der Waals surface area contributed by atoms with Gasteiger partial charge in [-0.05, 0) is 63.3 Å². The van der Waals surface area contributed by atoms with Crippen molar-refractivity contribution in [2.24, 2.45) is 0 Å². The minimum absolute atomic E-state index is 0.352. The largest absolute Gasteiger partial charge is 0.303 e. The van der Waals surface area contributed by atoms with Crippen LogP contribution in [0.25, 0.3) is 0 Å². The van der Waals surface area contributed by atoms with Gasteiger partial charge in [0, 0.05) is 11.2 Å². The first kappa shape index (κ1) is 18.0. The van der Waals surface area contributed by atoms with Gasteiger partial charge in [0.25, 0.3) is 0 Å². The zero-order valence-corrected chi connectivity index (χ0v) is 14.4. The third-order valence-corrected chi connectivity index (χ3v) is 5.62. The highest BCUT2D eigenvalue weighted by Crippen LogP contribution is 2.22. The topological polar surface area (TPSA) is 70.0 Å². The van der Waals surface area contributed by atoms with E-state index in [4.69, 9.17) is 5.26 Å². The number of benzene rings is 1.